The molecule has 0 aliphatic heterocycles. The molecule has 48 heavy (non-hydrogen) atoms. The summed E-state index contributed by atoms with van der Waals surface area (Å²) in [7, 11) is 0. The maximum Gasteiger partial charge on any atom is 0.101 e. The van der Waals surface area contributed by atoms with Crippen LogP contribution in [0.4, 0.5) is 0 Å². The van der Waals surface area contributed by atoms with Crippen molar-refractivity contribution in [2.75, 3.05) is 0 Å². The predicted molar refractivity (Wildman–Crippen MR) is 195 cm³/mol. The van der Waals surface area contributed by atoms with Gasteiger partial charge in [-0.25, -0.2) is 0 Å². The number of rotatable bonds is 4. The van der Waals surface area contributed by atoms with Gasteiger partial charge in [-0.1, -0.05) is 109 Å². The SMILES string of the molecule is N#Cc1ccc2c3cc(-c4ccccc4)ccc3n(-c3c(C#N)cccc3-c3ccccc3-n3c4ccccc4c4ccccc43)c2c1. The summed E-state index contributed by atoms with van der Waals surface area (Å²) in [6.07, 6.45) is 0. The maximum atomic E-state index is 10.6. The first kappa shape index (κ1) is 27.4. The summed E-state index contributed by atoms with van der Waals surface area (Å²) in [5.41, 5.74) is 11.2. The molecule has 2 heterocycles. The standard InChI is InChI=1S/C44H26N4/c45-27-29-21-23-36-38-26-31(30-11-2-1-3-12-30)22-24-42(38)48(43(36)25-29)44-32(28-46)13-10-17-37(44)35-16-6-9-20-41(35)47-39-18-7-4-14-33(39)34-15-5-8-19-40(34)47/h1-26H. The normalized spacial score (nSPS) is 11.3. The second-order valence-electron chi connectivity index (χ2n) is 12.0. The lowest BCUT2D eigenvalue weighted by atomic mass is 9.97. The summed E-state index contributed by atoms with van der Waals surface area (Å²) in [5.74, 6) is 0. The van der Waals surface area contributed by atoms with Crippen molar-refractivity contribution in [2.24, 2.45) is 0 Å². The number of hydrogen-bond donors (Lipinski definition) is 0. The van der Waals surface area contributed by atoms with E-state index in [1.807, 2.05) is 48.5 Å². The van der Waals surface area contributed by atoms with Crippen molar-refractivity contribution in [1.82, 2.24) is 9.13 Å². The number of hydrogen-bond acceptors (Lipinski definition) is 2. The smallest absolute Gasteiger partial charge is 0.101 e. The van der Waals surface area contributed by atoms with Crippen LogP contribution in [0, 0.1) is 22.7 Å². The molecule has 0 unspecified atom stereocenters. The van der Waals surface area contributed by atoms with Crippen LogP contribution in [-0.4, -0.2) is 9.13 Å². The summed E-state index contributed by atoms with van der Waals surface area (Å²) in [6.45, 7) is 0. The van der Waals surface area contributed by atoms with Gasteiger partial charge in [-0.05, 0) is 59.7 Å². The molecule has 0 bridgehead atoms. The molecule has 9 rings (SSSR count). The van der Waals surface area contributed by atoms with Gasteiger partial charge in [0.15, 0.2) is 0 Å². The monoisotopic (exact) mass is 610 g/mol. The van der Waals surface area contributed by atoms with Crippen LogP contribution in [0.3, 0.4) is 0 Å². The minimum Gasteiger partial charge on any atom is -0.309 e. The van der Waals surface area contributed by atoms with Crippen LogP contribution in [0.2, 0.25) is 0 Å². The van der Waals surface area contributed by atoms with E-state index >= 15 is 0 Å². The van der Waals surface area contributed by atoms with Gasteiger partial charge in [0.2, 0.25) is 0 Å². The molecule has 222 valence electrons. The lowest BCUT2D eigenvalue weighted by molar-refractivity contribution is 1.15. The van der Waals surface area contributed by atoms with Crippen LogP contribution in [-0.2, 0) is 0 Å². The second-order valence-corrected chi connectivity index (χ2v) is 12.0. The van der Waals surface area contributed by atoms with Crippen LogP contribution in [0.5, 0.6) is 0 Å². The fourth-order valence-electron chi connectivity index (χ4n) is 7.31. The number of benzene rings is 7. The van der Waals surface area contributed by atoms with Crippen molar-refractivity contribution in [3.8, 4) is 45.8 Å². The molecule has 4 heteroatoms. The molecular formula is C44H26N4. The molecule has 0 aliphatic carbocycles. The van der Waals surface area contributed by atoms with Gasteiger partial charge in [0.25, 0.3) is 0 Å². The third-order valence-electron chi connectivity index (χ3n) is 9.40. The van der Waals surface area contributed by atoms with Crippen LogP contribution < -0.4 is 0 Å². The molecule has 0 saturated carbocycles. The Morgan fingerprint density at radius 3 is 1.79 bits per heavy atom. The summed E-state index contributed by atoms with van der Waals surface area (Å²) >= 11 is 0. The Bertz CT molecular complexity index is 2750. The second kappa shape index (κ2) is 10.9. The Balaban J connectivity index is 1.38. The molecule has 0 saturated heterocycles. The van der Waals surface area contributed by atoms with Crippen molar-refractivity contribution >= 4 is 43.6 Å². The van der Waals surface area contributed by atoms with Gasteiger partial charge >= 0.3 is 0 Å². The Morgan fingerprint density at radius 2 is 1.04 bits per heavy atom. The van der Waals surface area contributed by atoms with Crippen LogP contribution in [0.1, 0.15) is 11.1 Å². The molecule has 0 atom stereocenters. The number of aromatic nitrogens is 2. The Kier molecular flexibility index (Phi) is 6.22. The number of nitrogens with zero attached hydrogens (tertiary/aromatic N) is 4. The molecule has 0 radical (unpaired) electrons. The third-order valence-corrected chi connectivity index (χ3v) is 9.40. The van der Waals surface area contributed by atoms with E-state index in [-0.39, 0.29) is 0 Å². The first-order valence-electron chi connectivity index (χ1n) is 15.9. The summed E-state index contributed by atoms with van der Waals surface area (Å²) in [4.78, 5) is 0. The van der Waals surface area contributed by atoms with Gasteiger partial charge in [0.05, 0.1) is 50.6 Å². The van der Waals surface area contributed by atoms with Gasteiger partial charge in [0, 0.05) is 32.7 Å². The molecule has 9 aromatic rings. The fourth-order valence-corrected chi connectivity index (χ4v) is 7.31. The predicted octanol–water partition coefficient (Wildman–Crippen LogP) is 11.0. The zero-order chi connectivity index (χ0) is 32.2. The molecule has 0 spiro atoms. The molecule has 7 aromatic carbocycles. The highest BCUT2D eigenvalue weighted by molar-refractivity contribution is 6.12. The topological polar surface area (TPSA) is 57.4 Å². The van der Waals surface area contributed by atoms with Crippen LogP contribution in [0.25, 0.3) is 77.2 Å². The first-order valence-corrected chi connectivity index (χ1v) is 15.9. The minimum atomic E-state index is 0.554. The molecule has 0 amide bonds. The lowest BCUT2D eigenvalue weighted by Crippen LogP contribution is -2.03. The Morgan fingerprint density at radius 1 is 0.396 bits per heavy atom. The van der Waals surface area contributed by atoms with E-state index in [1.54, 1.807) is 0 Å². The molecule has 0 N–H and O–H groups in total. The molecule has 0 aliphatic rings. The van der Waals surface area contributed by atoms with E-state index in [0.29, 0.717) is 11.1 Å². The van der Waals surface area contributed by atoms with E-state index in [2.05, 4.69) is 130 Å². The average Bonchev–Trinajstić information content (AvgIpc) is 3.66. The summed E-state index contributed by atoms with van der Waals surface area (Å²) in [5, 5.41) is 25.1. The number of para-hydroxylation sites is 4. The van der Waals surface area contributed by atoms with Crippen LogP contribution in [0.15, 0.2) is 158 Å². The number of nitriles is 2. The van der Waals surface area contributed by atoms with Gasteiger partial charge in [0.1, 0.15) is 6.07 Å². The molecular weight excluding hydrogens is 585 g/mol. The number of fused-ring (bicyclic) bond motifs is 6. The highest BCUT2D eigenvalue weighted by atomic mass is 15.0. The van der Waals surface area contributed by atoms with Crippen molar-refractivity contribution in [3.05, 3.63) is 169 Å². The summed E-state index contributed by atoms with van der Waals surface area (Å²) in [6, 6.07) is 58.9. The lowest BCUT2D eigenvalue weighted by Gasteiger charge is -2.19. The van der Waals surface area contributed by atoms with E-state index in [9.17, 15) is 10.5 Å². The molecule has 2 aromatic heterocycles. The molecule has 0 fully saturated rings. The first-order chi connectivity index (χ1) is 23.7. The quantitative estimate of drug-likeness (QED) is 0.199. The third kappa shape index (κ3) is 4.07. The van der Waals surface area contributed by atoms with Crippen molar-refractivity contribution in [1.29, 1.82) is 10.5 Å². The zero-order valence-electron chi connectivity index (χ0n) is 25.8. The maximum absolute atomic E-state index is 10.6. The summed E-state index contributed by atoms with van der Waals surface area (Å²) < 4.78 is 4.51. The average molecular weight is 611 g/mol. The van der Waals surface area contributed by atoms with Crippen molar-refractivity contribution in [2.45, 2.75) is 0 Å². The minimum absolute atomic E-state index is 0.554. The highest BCUT2D eigenvalue weighted by Crippen LogP contribution is 2.42. The van der Waals surface area contributed by atoms with Crippen molar-refractivity contribution < 1.29 is 0 Å². The van der Waals surface area contributed by atoms with Gasteiger partial charge in [-0.3, -0.25) is 0 Å². The van der Waals surface area contributed by atoms with Crippen LogP contribution >= 0.6 is 0 Å². The van der Waals surface area contributed by atoms with Crippen molar-refractivity contribution in [3.63, 3.8) is 0 Å². The fraction of sp³-hybridized carbons (Fsp3) is 0. The van der Waals surface area contributed by atoms with E-state index in [0.717, 1.165) is 66.5 Å². The highest BCUT2D eigenvalue weighted by Gasteiger charge is 2.22. The van der Waals surface area contributed by atoms with Gasteiger partial charge in [-0.2, -0.15) is 10.5 Å². The Hall–Kier alpha value is -6.88. The zero-order valence-corrected chi connectivity index (χ0v) is 25.8. The van der Waals surface area contributed by atoms with E-state index in [4.69, 9.17) is 0 Å². The molecule has 4 nitrogen and oxygen atoms in total. The van der Waals surface area contributed by atoms with Gasteiger partial charge in [-0.15, -0.1) is 0 Å². The Labute approximate surface area is 277 Å². The van der Waals surface area contributed by atoms with E-state index in [1.165, 1.54) is 10.8 Å². The van der Waals surface area contributed by atoms with E-state index < -0.39 is 0 Å². The van der Waals surface area contributed by atoms with Gasteiger partial charge < -0.3 is 9.13 Å². The largest absolute Gasteiger partial charge is 0.309 e.